The number of thiazole rings is 1. The molecule has 0 aliphatic carbocycles. The van der Waals surface area contributed by atoms with E-state index in [1.807, 2.05) is 0 Å². The molecule has 1 aliphatic heterocycles. The third-order valence-corrected chi connectivity index (χ3v) is 4.28. The number of benzene rings is 1. The maximum Gasteiger partial charge on any atom is 0.426 e. The average molecular weight is 345 g/mol. The maximum atomic E-state index is 13.3. The lowest BCUT2D eigenvalue weighted by atomic mass is 9.86. The highest BCUT2D eigenvalue weighted by Crippen LogP contribution is 2.48. The zero-order valence-electron chi connectivity index (χ0n) is 11.6. The first-order valence-corrected chi connectivity index (χ1v) is 7.32. The average Bonchev–Trinajstić information content (AvgIpc) is 2.88. The summed E-state index contributed by atoms with van der Waals surface area (Å²) in [5, 5.41) is 21.0. The molecule has 1 aromatic carbocycles. The van der Waals surface area contributed by atoms with Crippen LogP contribution < -0.4 is 4.74 Å². The maximum absolute atomic E-state index is 13.3. The van der Waals surface area contributed by atoms with Gasteiger partial charge < -0.3 is 14.9 Å². The molecule has 3 rings (SSSR count). The van der Waals surface area contributed by atoms with Crippen LogP contribution in [0, 0.1) is 6.92 Å². The molecule has 122 valence electrons. The molecule has 0 saturated carbocycles. The number of rotatable bonds is 1. The number of fused-ring (bicyclic) bond motifs is 1. The van der Waals surface area contributed by atoms with Crippen LogP contribution in [0.2, 0.25) is 0 Å². The van der Waals surface area contributed by atoms with Gasteiger partial charge in [-0.15, -0.1) is 11.3 Å². The fourth-order valence-corrected chi connectivity index (χ4v) is 3.09. The largest absolute Gasteiger partial charge is 0.504 e. The van der Waals surface area contributed by atoms with Crippen molar-refractivity contribution in [1.82, 2.24) is 4.98 Å². The number of carbonyl (C=O) groups excluding carboxylic acids is 1. The summed E-state index contributed by atoms with van der Waals surface area (Å²) in [7, 11) is 0. The molecule has 0 radical (unpaired) electrons. The molecule has 2 aromatic rings. The van der Waals surface area contributed by atoms with Gasteiger partial charge in [-0.3, -0.25) is 4.79 Å². The minimum absolute atomic E-state index is 0.0296. The van der Waals surface area contributed by atoms with E-state index in [-0.39, 0.29) is 11.3 Å². The van der Waals surface area contributed by atoms with Crippen LogP contribution >= 0.6 is 11.3 Å². The van der Waals surface area contributed by atoms with Crippen LogP contribution in [0.5, 0.6) is 17.2 Å². The number of ether oxygens (including phenoxy) is 1. The molecule has 1 aromatic heterocycles. The molecule has 1 aliphatic rings. The molecule has 23 heavy (non-hydrogen) atoms. The molecule has 0 fully saturated rings. The number of aryl methyl sites for hydroxylation is 1. The van der Waals surface area contributed by atoms with Crippen molar-refractivity contribution in [2.75, 3.05) is 0 Å². The second-order valence-electron chi connectivity index (χ2n) is 5.02. The Morgan fingerprint density at radius 2 is 2.00 bits per heavy atom. The van der Waals surface area contributed by atoms with Gasteiger partial charge in [-0.05, 0) is 19.1 Å². The van der Waals surface area contributed by atoms with Gasteiger partial charge in [0.2, 0.25) is 11.9 Å². The summed E-state index contributed by atoms with van der Waals surface area (Å²) in [5.74, 6) is -4.75. The van der Waals surface area contributed by atoms with Gasteiger partial charge in [0.15, 0.2) is 17.3 Å². The van der Waals surface area contributed by atoms with Gasteiger partial charge in [-0.2, -0.15) is 13.2 Å². The number of phenols is 2. The summed E-state index contributed by atoms with van der Waals surface area (Å²) in [4.78, 5) is 16.5. The third-order valence-electron chi connectivity index (χ3n) is 3.48. The van der Waals surface area contributed by atoms with Gasteiger partial charge in [-0.25, -0.2) is 4.98 Å². The van der Waals surface area contributed by atoms with E-state index in [9.17, 15) is 28.2 Å². The number of halogens is 3. The third kappa shape index (κ3) is 2.50. The van der Waals surface area contributed by atoms with Crippen molar-refractivity contribution in [1.29, 1.82) is 0 Å². The standard InChI is InChI=1S/C14H10F3NO4S/c1-5-18-7(4-23-5)9-10(20)6-2-3-8(19)11(21)12(6)22-13(9)14(15,16)17/h2-4,9,13,19,21H,1H3/t9-,13+/m1/s1. The highest BCUT2D eigenvalue weighted by atomic mass is 32.1. The topological polar surface area (TPSA) is 79.7 Å². The molecule has 5 nitrogen and oxygen atoms in total. The SMILES string of the molecule is Cc1nc([C@@H]2C(=O)c3ccc(O)c(O)c3O[C@@H]2C(F)(F)F)cs1. The van der Waals surface area contributed by atoms with Crippen LogP contribution in [0.25, 0.3) is 0 Å². The lowest BCUT2D eigenvalue weighted by Crippen LogP contribution is -2.46. The number of hydrogen-bond donors (Lipinski definition) is 2. The summed E-state index contributed by atoms with van der Waals surface area (Å²) in [6.07, 6.45) is -7.34. The van der Waals surface area contributed by atoms with Gasteiger partial charge in [-0.1, -0.05) is 0 Å². The monoisotopic (exact) mass is 345 g/mol. The fraction of sp³-hybridized carbons (Fsp3) is 0.286. The Morgan fingerprint density at radius 3 is 2.57 bits per heavy atom. The summed E-state index contributed by atoms with van der Waals surface area (Å²) >= 11 is 1.12. The number of hydrogen-bond acceptors (Lipinski definition) is 6. The highest BCUT2D eigenvalue weighted by molar-refractivity contribution is 7.09. The number of aromatic hydroxyl groups is 2. The zero-order valence-corrected chi connectivity index (χ0v) is 12.4. The molecule has 0 amide bonds. The van der Waals surface area contributed by atoms with Crippen LogP contribution in [-0.2, 0) is 0 Å². The number of nitrogens with zero attached hydrogens (tertiary/aromatic N) is 1. The Hall–Kier alpha value is -2.29. The Morgan fingerprint density at radius 1 is 1.30 bits per heavy atom. The van der Waals surface area contributed by atoms with Crippen molar-refractivity contribution in [3.05, 3.63) is 33.8 Å². The Kier molecular flexibility index (Phi) is 3.47. The zero-order chi connectivity index (χ0) is 16.9. The minimum atomic E-state index is -4.85. The van der Waals surface area contributed by atoms with E-state index in [0.29, 0.717) is 5.01 Å². The van der Waals surface area contributed by atoms with Crippen LogP contribution in [-0.4, -0.2) is 33.3 Å². The molecule has 0 saturated heterocycles. The number of phenolic OH excluding ortho intramolecular Hbond substituents is 2. The van der Waals surface area contributed by atoms with E-state index < -0.39 is 41.2 Å². The summed E-state index contributed by atoms with van der Waals surface area (Å²) in [6, 6.07) is 2.14. The molecular formula is C14H10F3NO4S. The predicted molar refractivity (Wildman–Crippen MR) is 74.2 cm³/mol. The molecule has 9 heteroatoms. The molecule has 0 spiro atoms. The first kappa shape index (κ1) is 15.6. The van der Waals surface area contributed by atoms with Gasteiger partial charge in [0.05, 0.1) is 16.3 Å². The normalized spacial score (nSPS) is 21.0. The number of Topliss-reactive ketones (excluding diaryl/α,β-unsaturated/α-hetero) is 1. The minimum Gasteiger partial charge on any atom is -0.504 e. The lowest BCUT2D eigenvalue weighted by Gasteiger charge is -2.33. The smallest absolute Gasteiger partial charge is 0.426 e. The van der Waals surface area contributed by atoms with E-state index in [1.54, 1.807) is 6.92 Å². The van der Waals surface area contributed by atoms with Crippen LogP contribution in [0.15, 0.2) is 17.5 Å². The van der Waals surface area contributed by atoms with Crippen molar-refractivity contribution in [2.45, 2.75) is 25.1 Å². The van der Waals surface area contributed by atoms with E-state index in [2.05, 4.69) is 4.98 Å². The lowest BCUT2D eigenvalue weighted by molar-refractivity contribution is -0.200. The number of ketones is 1. The summed E-state index contributed by atoms with van der Waals surface area (Å²) in [6.45, 7) is 1.61. The molecule has 0 bridgehead atoms. The first-order valence-electron chi connectivity index (χ1n) is 6.44. The number of alkyl halides is 3. The van der Waals surface area contributed by atoms with E-state index >= 15 is 0 Å². The van der Waals surface area contributed by atoms with E-state index in [0.717, 1.165) is 23.5 Å². The van der Waals surface area contributed by atoms with Crippen molar-refractivity contribution in [2.24, 2.45) is 0 Å². The van der Waals surface area contributed by atoms with Crippen molar-refractivity contribution in [3.63, 3.8) is 0 Å². The second-order valence-corrected chi connectivity index (χ2v) is 6.09. The van der Waals surface area contributed by atoms with E-state index in [1.165, 1.54) is 5.38 Å². The van der Waals surface area contributed by atoms with Gasteiger partial charge in [0.1, 0.15) is 5.92 Å². The highest BCUT2D eigenvalue weighted by Gasteiger charge is 2.54. The molecule has 0 unspecified atom stereocenters. The second kappa shape index (κ2) is 5.12. The first-order chi connectivity index (χ1) is 10.7. The summed E-state index contributed by atoms with van der Waals surface area (Å²) in [5.41, 5.74) is -0.255. The van der Waals surface area contributed by atoms with Crippen LogP contribution in [0.4, 0.5) is 13.2 Å². The quantitative estimate of drug-likeness (QED) is 0.776. The molecular weight excluding hydrogens is 335 g/mol. The van der Waals surface area contributed by atoms with Crippen LogP contribution in [0.3, 0.4) is 0 Å². The predicted octanol–water partition coefficient (Wildman–Crippen LogP) is 3.15. The number of aromatic nitrogens is 1. The fourth-order valence-electron chi connectivity index (χ4n) is 2.44. The van der Waals surface area contributed by atoms with Crippen molar-refractivity contribution in [3.8, 4) is 17.2 Å². The Labute approximate surface area is 132 Å². The van der Waals surface area contributed by atoms with Gasteiger partial charge in [0, 0.05) is 5.38 Å². The molecule has 2 heterocycles. The molecule has 2 atom stereocenters. The Balaban J connectivity index is 2.18. The van der Waals surface area contributed by atoms with Gasteiger partial charge >= 0.3 is 6.18 Å². The Bertz CT molecular complexity index is 787. The summed E-state index contributed by atoms with van der Waals surface area (Å²) < 4.78 is 44.9. The van der Waals surface area contributed by atoms with Gasteiger partial charge in [0.25, 0.3) is 0 Å². The van der Waals surface area contributed by atoms with E-state index in [4.69, 9.17) is 4.74 Å². The van der Waals surface area contributed by atoms with Crippen LogP contribution in [0.1, 0.15) is 27.0 Å². The number of carbonyl (C=O) groups is 1. The van der Waals surface area contributed by atoms with Crippen molar-refractivity contribution >= 4 is 17.1 Å². The molecule has 2 N–H and O–H groups in total. The van der Waals surface area contributed by atoms with Crippen molar-refractivity contribution < 1.29 is 32.9 Å².